The molecular formula is C14H24N2O4S. The maximum absolute atomic E-state index is 10.9. The number of rotatable bonds is 2. The van der Waals surface area contributed by atoms with E-state index in [4.69, 9.17) is 0 Å². The summed E-state index contributed by atoms with van der Waals surface area (Å²) in [5.41, 5.74) is 0. The third kappa shape index (κ3) is 5.49. The fraction of sp³-hybridized carbons (Fsp3) is 0.714. The van der Waals surface area contributed by atoms with Crippen LogP contribution in [0.2, 0.25) is 0 Å². The van der Waals surface area contributed by atoms with Crippen LogP contribution < -0.4 is 10.6 Å². The van der Waals surface area contributed by atoms with E-state index < -0.39 is 0 Å². The summed E-state index contributed by atoms with van der Waals surface area (Å²) in [6, 6.07) is -0.229. The first-order valence-corrected chi connectivity index (χ1v) is 7.44. The second kappa shape index (κ2) is 8.17. The maximum atomic E-state index is 10.9. The first kappa shape index (κ1) is 19.6. The Labute approximate surface area is 129 Å². The van der Waals surface area contributed by atoms with E-state index in [1.54, 1.807) is 0 Å². The van der Waals surface area contributed by atoms with Crippen molar-refractivity contribution in [2.75, 3.05) is 0 Å². The second-order valence-electron chi connectivity index (χ2n) is 5.49. The van der Waals surface area contributed by atoms with Gasteiger partial charge in [-0.3, -0.25) is 24.5 Å². The highest BCUT2D eigenvalue weighted by Gasteiger charge is 2.33. The van der Waals surface area contributed by atoms with Gasteiger partial charge in [-0.05, 0) is 11.8 Å². The highest BCUT2D eigenvalue weighted by Crippen LogP contribution is 2.24. The van der Waals surface area contributed by atoms with E-state index in [-0.39, 0.29) is 59.8 Å². The number of carbonyl (C=O) groups is 4. The van der Waals surface area contributed by atoms with E-state index in [1.807, 2.05) is 27.7 Å². The van der Waals surface area contributed by atoms with Gasteiger partial charge in [0.1, 0.15) is 0 Å². The molecule has 0 spiro atoms. The zero-order chi connectivity index (χ0) is 15.4. The minimum absolute atomic E-state index is 0. The third-order valence-corrected chi connectivity index (χ3v) is 4.32. The molecule has 2 N–H and O–H groups in total. The Morgan fingerprint density at radius 3 is 1.81 bits per heavy atom. The van der Waals surface area contributed by atoms with Crippen molar-refractivity contribution in [3.63, 3.8) is 0 Å². The number of hydrogen-bond acceptors (Lipinski definition) is 5. The molecule has 0 saturated carbocycles. The molecule has 0 radical (unpaired) electrons. The van der Waals surface area contributed by atoms with Crippen LogP contribution in [0.15, 0.2) is 0 Å². The van der Waals surface area contributed by atoms with Crippen molar-refractivity contribution >= 4 is 34.6 Å². The lowest BCUT2D eigenvalue weighted by molar-refractivity contribution is -0.122. The highest BCUT2D eigenvalue weighted by molar-refractivity contribution is 8.15. The molecule has 2 aliphatic rings. The van der Waals surface area contributed by atoms with Gasteiger partial charge in [0.25, 0.3) is 5.24 Å². The van der Waals surface area contributed by atoms with E-state index in [1.165, 1.54) is 0 Å². The van der Waals surface area contributed by atoms with E-state index in [9.17, 15) is 19.2 Å². The summed E-state index contributed by atoms with van der Waals surface area (Å²) in [6.07, 6.45) is 0.0723. The summed E-state index contributed by atoms with van der Waals surface area (Å²) in [5.74, 6) is 0.198. The Morgan fingerprint density at radius 1 is 1.05 bits per heavy atom. The Bertz CT molecular complexity index is 395. The van der Waals surface area contributed by atoms with Crippen molar-refractivity contribution in [1.29, 1.82) is 0 Å². The van der Waals surface area contributed by atoms with Crippen LogP contribution in [0.5, 0.6) is 0 Å². The summed E-state index contributed by atoms with van der Waals surface area (Å²) in [4.78, 5) is 43.1. The maximum Gasteiger partial charge on any atom is 0.286 e. The third-order valence-electron chi connectivity index (χ3n) is 2.99. The average molecular weight is 316 g/mol. The van der Waals surface area contributed by atoms with Gasteiger partial charge in [-0.2, -0.15) is 0 Å². The van der Waals surface area contributed by atoms with Crippen LogP contribution in [0, 0.1) is 11.8 Å². The van der Waals surface area contributed by atoms with Crippen molar-refractivity contribution < 1.29 is 19.2 Å². The Hall–Kier alpha value is -1.37. The van der Waals surface area contributed by atoms with Crippen LogP contribution in [-0.4, -0.2) is 34.1 Å². The van der Waals surface area contributed by atoms with Crippen LogP contribution in [-0.2, 0) is 14.4 Å². The fourth-order valence-electron chi connectivity index (χ4n) is 1.92. The van der Waals surface area contributed by atoms with Crippen LogP contribution in [0.1, 0.15) is 41.5 Å². The topological polar surface area (TPSA) is 92.3 Å². The van der Waals surface area contributed by atoms with E-state index in [0.29, 0.717) is 0 Å². The molecule has 0 aliphatic carbocycles. The second-order valence-corrected chi connectivity index (χ2v) is 6.61. The number of carbonyl (C=O) groups excluding carboxylic acids is 4. The van der Waals surface area contributed by atoms with Gasteiger partial charge in [0, 0.05) is 0 Å². The minimum atomic E-state index is -0.229. The molecule has 2 fully saturated rings. The van der Waals surface area contributed by atoms with Crippen LogP contribution in [0.3, 0.4) is 0 Å². The molecule has 2 saturated heterocycles. The van der Waals surface area contributed by atoms with Gasteiger partial charge < -0.3 is 5.32 Å². The number of imide groups is 1. The molecule has 6 nitrogen and oxygen atoms in total. The van der Waals surface area contributed by atoms with Gasteiger partial charge in [0.15, 0.2) is 5.78 Å². The van der Waals surface area contributed by atoms with Crippen LogP contribution >= 0.6 is 11.8 Å². The molecule has 2 atom stereocenters. The number of nitrogens with one attached hydrogen (secondary N) is 2. The molecule has 7 heteroatoms. The first-order chi connectivity index (χ1) is 9.22. The zero-order valence-corrected chi connectivity index (χ0v) is 12.9. The number of hydrogen-bond donors (Lipinski definition) is 2. The fourth-order valence-corrected chi connectivity index (χ4v) is 2.75. The number of Topliss-reactive ketones (excluding diaryl/α,β-unsaturated/α-hetero) is 1. The molecule has 2 unspecified atom stereocenters. The standard InChI is InChI=1S/C7H11NO2.C6H9NO2S.CH4/c1-4(2)7-5(9)3-6(10)8-7;1-3(2)4-5(8)7-6(9)10-4;/h4,7H,3H2,1-2H3,(H,8,10);3-4H,1-2H3,(H,7,8,9);1H4. The molecule has 120 valence electrons. The highest BCUT2D eigenvalue weighted by atomic mass is 32.2. The van der Waals surface area contributed by atoms with Gasteiger partial charge in [-0.1, -0.05) is 46.9 Å². The first-order valence-electron chi connectivity index (χ1n) is 6.56. The van der Waals surface area contributed by atoms with Crippen molar-refractivity contribution in [2.24, 2.45) is 11.8 Å². The quantitative estimate of drug-likeness (QED) is 0.757. The number of amides is 3. The Balaban J connectivity index is 0.000000364. The summed E-state index contributed by atoms with van der Waals surface area (Å²) in [7, 11) is 0. The average Bonchev–Trinajstić information content (AvgIpc) is 2.82. The van der Waals surface area contributed by atoms with Crippen LogP contribution in [0.4, 0.5) is 4.79 Å². The molecule has 21 heavy (non-hydrogen) atoms. The zero-order valence-electron chi connectivity index (χ0n) is 12.1. The lowest BCUT2D eigenvalue weighted by atomic mass is 10.0. The van der Waals surface area contributed by atoms with E-state index >= 15 is 0 Å². The molecule has 0 aromatic carbocycles. The molecule has 2 heterocycles. The van der Waals surface area contributed by atoms with Gasteiger partial charge in [0.05, 0.1) is 17.7 Å². The lowest BCUT2D eigenvalue weighted by Crippen LogP contribution is -2.33. The molecule has 2 aliphatic heterocycles. The van der Waals surface area contributed by atoms with Crippen molar-refractivity contribution in [3.05, 3.63) is 0 Å². The number of ketones is 1. The van der Waals surface area contributed by atoms with Gasteiger partial charge in [-0.15, -0.1) is 0 Å². The Kier molecular flexibility index (Phi) is 7.63. The monoisotopic (exact) mass is 316 g/mol. The smallest absolute Gasteiger partial charge is 0.286 e. The summed E-state index contributed by atoms with van der Waals surface area (Å²) >= 11 is 1.08. The minimum Gasteiger partial charge on any atom is -0.346 e. The Morgan fingerprint density at radius 2 is 1.62 bits per heavy atom. The molecule has 2 rings (SSSR count). The van der Waals surface area contributed by atoms with Crippen molar-refractivity contribution in [3.8, 4) is 0 Å². The predicted molar refractivity (Wildman–Crippen MR) is 82.9 cm³/mol. The molecule has 0 aromatic rings. The lowest BCUT2D eigenvalue weighted by Gasteiger charge is -2.11. The molecular weight excluding hydrogens is 292 g/mol. The summed E-state index contributed by atoms with van der Waals surface area (Å²) in [6.45, 7) is 7.70. The van der Waals surface area contributed by atoms with E-state index in [0.717, 1.165) is 11.8 Å². The predicted octanol–water partition coefficient (Wildman–Crippen LogP) is 1.73. The van der Waals surface area contributed by atoms with Crippen molar-refractivity contribution in [1.82, 2.24) is 10.6 Å². The number of thioether (sulfide) groups is 1. The summed E-state index contributed by atoms with van der Waals surface area (Å²) in [5, 5.41) is 4.46. The van der Waals surface area contributed by atoms with Gasteiger partial charge >= 0.3 is 0 Å². The van der Waals surface area contributed by atoms with Crippen molar-refractivity contribution in [2.45, 2.75) is 52.8 Å². The van der Waals surface area contributed by atoms with Gasteiger partial charge in [-0.25, -0.2) is 0 Å². The van der Waals surface area contributed by atoms with Gasteiger partial charge in [0.2, 0.25) is 11.8 Å². The SMILES string of the molecule is C.CC(C)C1NC(=O)CC1=O.CC(C)C1SC(=O)NC1=O. The summed E-state index contributed by atoms with van der Waals surface area (Å²) < 4.78 is 0. The van der Waals surface area contributed by atoms with E-state index in [2.05, 4.69) is 10.6 Å². The van der Waals surface area contributed by atoms with Crippen LogP contribution in [0.25, 0.3) is 0 Å². The molecule has 0 aromatic heterocycles. The molecule has 3 amide bonds. The molecule has 0 bridgehead atoms. The normalized spacial score (nSPS) is 24.5. The largest absolute Gasteiger partial charge is 0.346 e.